The number of hydrogen-bond acceptors (Lipinski definition) is 9. The first-order valence-electron chi connectivity index (χ1n) is 10.8. The Bertz CT molecular complexity index is 1180. The molecule has 1 heterocycles. The summed E-state index contributed by atoms with van der Waals surface area (Å²) in [7, 11) is 0. The zero-order chi connectivity index (χ0) is 24.8. The molecule has 0 spiro atoms. The molecule has 1 aromatic heterocycles. The number of thiazole rings is 1. The molecule has 13 heteroatoms. The van der Waals surface area contributed by atoms with Crippen molar-refractivity contribution < 1.29 is 19.4 Å². The lowest BCUT2D eigenvalue weighted by Gasteiger charge is -2.24. The number of hydrogen-bond donors (Lipinski definition) is 0. The van der Waals surface area contributed by atoms with Crippen molar-refractivity contribution in [1.29, 1.82) is 0 Å². The van der Waals surface area contributed by atoms with Crippen LogP contribution >= 0.6 is 23.7 Å². The highest BCUT2D eigenvalue weighted by molar-refractivity contribution is 7.22. The average Bonchev–Trinajstić information content (AvgIpc) is 3.26. The molecule has 0 N–H and O–H groups in total. The number of nitrogens with zero attached hydrogens (tertiary/aromatic N) is 5. The van der Waals surface area contributed by atoms with Gasteiger partial charge in [-0.2, -0.15) is 0 Å². The first kappa shape index (κ1) is 27.9. The van der Waals surface area contributed by atoms with E-state index in [2.05, 4.69) is 9.88 Å². The molecule has 11 nitrogen and oxygen atoms in total. The number of carbonyl (C=O) groups excluding carboxylic acids is 1. The highest BCUT2D eigenvalue weighted by Crippen LogP contribution is 2.35. The topological polar surface area (TPSA) is 132 Å². The Morgan fingerprint density at radius 3 is 2.20 bits per heavy atom. The zero-order valence-corrected chi connectivity index (χ0v) is 21.1. The van der Waals surface area contributed by atoms with Gasteiger partial charge in [0, 0.05) is 25.2 Å². The van der Waals surface area contributed by atoms with Gasteiger partial charge in [-0.1, -0.05) is 31.3 Å². The fraction of sp³-hybridized carbons (Fsp3) is 0.364. The molecule has 3 aromatic rings. The second kappa shape index (κ2) is 12.4. The van der Waals surface area contributed by atoms with E-state index >= 15 is 0 Å². The summed E-state index contributed by atoms with van der Waals surface area (Å²) < 4.78 is 6.47. The minimum absolute atomic E-state index is 0. The smallest absolute Gasteiger partial charge is 0.277 e. The van der Waals surface area contributed by atoms with Gasteiger partial charge in [0.15, 0.2) is 5.13 Å². The summed E-state index contributed by atoms with van der Waals surface area (Å²) >= 11 is 1.28. The van der Waals surface area contributed by atoms with Crippen molar-refractivity contribution in [3.63, 3.8) is 0 Å². The molecule has 0 bridgehead atoms. The molecule has 188 valence electrons. The summed E-state index contributed by atoms with van der Waals surface area (Å²) in [6, 6.07) is 8.44. The van der Waals surface area contributed by atoms with Crippen LogP contribution in [0.25, 0.3) is 10.2 Å². The van der Waals surface area contributed by atoms with Crippen molar-refractivity contribution in [3.8, 4) is 5.75 Å². The van der Waals surface area contributed by atoms with Gasteiger partial charge in [0.1, 0.15) is 11.3 Å². The van der Waals surface area contributed by atoms with Crippen molar-refractivity contribution in [2.24, 2.45) is 0 Å². The molecule has 0 saturated carbocycles. The Labute approximate surface area is 212 Å². The molecule has 0 fully saturated rings. The van der Waals surface area contributed by atoms with Crippen LogP contribution in [0.2, 0.25) is 0 Å². The average molecular weight is 524 g/mol. The number of fused-ring (bicyclic) bond motifs is 1. The van der Waals surface area contributed by atoms with Gasteiger partial charge >= 0.3 is 0 Å². The van der Waals surface area contributed by atoms with E-state index in [1.807, 2.05) is 32.9 Å². The molecular formula is C22H26ClN5O6S. The highest BCUT2D eigenvalue weighted by Gasteiger charge is 2.27. The second-order valence-electron chi connectivity index (χ2n) is 7.27. The van der Waals surface area contributed by atoms with Gasteiger partial charge < -0.3 is 9.64 Å². The zero-order valence-electron chi connectivity index (χ0n) is 19.5. The standard InChI is InChI=1S/C22H25N5O6S.ClH/c1-4-24(5-2)10-11-25(22-23-20-18(33-6-3)8-7-9-19(20)34-22)21(28)15-12-16(26(29)30)14-17(13-15)27(31)32;/h7-9,12-14H,4-6,10-11H2,1-3H3;1H. The normalized spacial score (nSPS) is 10.7. The van der Waals surface area contributed by atoms with Crippen LogP contribution in [0.5, 0.6) is 5.75 Å². The Balaban J connectivity index is 0.00000432. The first-order chi connectivity index (χ1) is 16.3. The number of non-ortho nitro benzene ring substituents is 2. The van der Waals surface area contributed by atoms with Crippen LogP contribution in [-0.2, 0) is 0 Å². The number of amides is 1. The van der Waals surface area contributed by atoms with Gasteiger partial charge in [0.25, 0.3) is 17.3 Å². The number of aromatic nitrogens is 1. The molecule has 3 rings (SSSR count). The third-order valence-corrected chi connectivity index (χ3v) is 6.30. The fourth-order valence-corrected chi connectivity index (χ4v) is 4.46. The number of nitro groups is 2. The van der Waals surface area contributed by atoms with Gasteiger partial charge in [-0.05, 0) is 32.1 Å². The molecule has 0 radical (unpaired) electrons. The van der Waals surface area contributed by atoms with E-state index in [1.54, 1.807) is 6.07 Å². The Hall–Kier alpha value is -3.35. The van der Waals surface area contributed by atoms with Crippen LogP contribution in [0.15, 0.2) is 36.4 Å². The second-order valence-corrected chi connectivity index (χ2v) is 8.28. The fourth-order valence-electron chi connectivity index (χ4n) is 3.45. The Morgan fingerprint density at radius 2 is 1.66 bits per heavy atom. The first-order valence-corrected chi connectivity index (χ1v) is 11.6. The molecule has 0 aliphatic rings. The molecule has 0 saturated heterocycles. The molecule has 2 aromatic carbocycles. The summed E-state index contributed by atoms with van der Waals surface area (Å²) in [6.07, 6.45) is 0. The van der Waals surface area contributed by atoms with Crippen LogP contribution < -0.4 is 9.64 Å². The molecule has 0 unspecified atom stereocenters. The van der Waals surface area contributed by atoms with E-state index < -0.39 is 27.1 Å². The van der Waals surface area contributed by atoms with Crippen LogP contribution in [-0.4, -0.2) is 58.4 Å². The molecule has 1 amide bonds. The minimum Gasteiger partial charge on any atom is -0.492 e. The summed E-state index contributed by atoms with van der Waals surface area (Å²) in [5.41, 5.74) is -0.590. The number of benzene rings is 2. The Morgan fingerprint density at radius 1 is 1.03 bits per heavy atom. The Kier molecular flexibility index (Phi) is 9.87. The van der Waals surface area contributed by atoms with E-state index in [-0.39, 0.29) is 24.5 Å². The van der Waals surface area contributed by atoms with Crippen LogP contribution in [0.3, 0.4) is 0 Å². The number of para-hydroxylation sites is 1. The molecule has 0 atom stereocenters. The lowest BCUT2D eigenvalue weighted by molar-refractivity contribution is -0.394. The van der Waals surface area contributed by atoms with Gasteiger partial charge in [0.05, 0.1) is 32.8 Å². The number of carbonyl (C=O) groups is 1. The van der Waals surface area contributed by atoms with Crippen LogP contribution in [0, 0.1) is 20.2 Å². The molecule has 0 aliphatic heterocycles. The van der Waals surface area contributed by atoms with E-state index in [4.69, 9.17) is 4.74 Å². The summed E-state index contributed by atoms with van der Waals surface area (Å²) in [5, 5.41) is 23.0. The van der Waals surface area contributed by atoms with E-state index in [1.165, 1.54) is 16.2 Å². The van der Waals surface area contributed by atoms with E-state index in [0.29, 0.717) is 29.5 Å². The monoisotopic (exact) mass is 523 g/mol. The van der Waals surface area contributed by atoms with Gasteiger partial charge in [-0.15, -0.1) is 12.4 Å². The van der Waals surface area contributed by atoms with Gasteiger partial charge in [0.2, 0.25) is 0 Å². The SMILES string of the molecule is CCOc1cccc2sc(N(CCN(CC)CC)C(=O)c3cc([N+](=O)[O-])cc([N+](=O)[O-])c3)nc12.Cl. The van der Waals surface area contributed by atoms with Crippen LogP contribution in [0.1, 0.15) is 31.1 Å². The maximum Gasteiger partial charge on any atom is 0.277 e. The largest absolute Gasteiger partial charge is 0.492 e. The maximum atomic E-state index is 13.6. The highest BCUT2D eigenvalue weighted by atomic mass is 35.5. The number of nitro benzene ring substituents is 2. The number of rotatable bonds is 11. The van der Waals surface area contributed by atoms with Crippen molar-refractivity contribution in [1.82, 2.24) is 9.88 Å². The lowest BCUT2D eigenvalue weighted by Crippen LogP contribution is -2.39. The maximum absolute atomic E-state index is 13.6. The van der Waals surface area contributed by atoms with Crippen LogP contribution in [0.4, 0.5) is 16.5 Å². The van der Waals surface area contributed by atoms with Gasteiger partial charge in [-0.3, -0.25) is 29.9 Å². The molecule has 0 aliphatic carbocycles. The predicted octanol–water partition coefficient (Wildman–Crippen LogP) is 4.92. The van der Waals surface area contributed by atoms with E-state index in [0.717, 1.165) is 36.0 Å². The summed E-state index contributed by atoms with van der Waals surface area (Å²) in [4.78, 5) is 42.9. The summed E-state index contributed by atoms with van der Waals surface area (Å²) in [6.45, 7) is 8.65. The number of halogens is 1. The minimum atomic E-state index is -0.754. The van der Waals surface area contributed by atoms with Crippen molar-refractivity contribution in [3.05, 3.63) is 62.2 Å². The molecular weight excluding hydrogens is 498 g/mol. The third-order valence-electron chi connectivity index (χ3n) is 5.25. The quantitative estimate of drug-likeness (QED) is 0.255. The number of likely N-dealkylation sites (N-methyl/N-ethyl adjacent to an activating group) is 1. The summed E-state index contributed by atoms with van der Waals surface area (Å²) in [5.74, 6) is -0.0133. The third kappa shape index (κ3) is 6.41. The van der Waals surface area contributed by atoms with Crippen molar-refractivity contribution in [2.45, 2.75) is 20.8 Å². The lowest BCUT2D eigenvalue weighted by atomic mass is 10.1. The van der Waals surface area contributed by atoms with Crippen molar-refractivity contribution >= 4 is 56.4 Å². The molecule has 35 heavy (non-hydrogen) atoms. The number of ether oxygens (including phenoxy) is 1. The van der Waals surface area contributed by atoms with Gasteiger partial charge in [-0.25, -0.2) is 4.98 Å². The van der Waals surface area contributed by atoms with E-state index in [9.17, 15) is 25.0 Å². The van der Waals surface area contributed by atoms with Crippen molar-refractivity contribution in [2.75, 3.05) is 37.7 Å². The predicted molar refractivity (Wildman–Crippen MR) is 137 cm³/mol. The number of anilines is 1.